The molecule has 1 atom stereocenters. The molecule has 7 heteroatoms. The minimum absolute atomic E-state index is 0.225. The van der Waals surface area contributed by atoms with Crippen molar-refractivity contribution < 1.29 is 9.53 Å². The first-order chi connectivity index (χ1) is 10.7. The highest BCUT2D eigenvalue weighted by molar-refractivity contribution is 8.00. The molecule has 0 N–H and O–H groups in total. The average Bonchev–Trinajstić information content (AvgIpc) is 2.96. The van der Waals surface area contributed by atoms with Gasteiger partial charge in [0.15, 0.2) is 5.65 Å². The van der Waals surface area contributed by atoms with Crippen molar-refractivity contribution in [3.8, 4) is 0 Å². The molecule has 3 aromatic rings. The van der Waals surface area contributed by atoms with Crippen LogP contribution in [0.4, 0.5) is 0 Å². The van der Waals surface area contributed by atoms with Crippen molar-refractivity contribution in [2.75, 3.05) is 6.61 Å². The Morgan fingerprint density at radius 3 is 2.95 bits per heavy atom. The third kappa shape index (κ3) is 2.76. The highest BCUT2D eigenvalue weighted by Gasteiger charge is 2.21. The molecule has 2 aromatic heterocycles. The normalized spacial score (nSPS) is 12.6. The number of hydrogen-bond acceptors (Lipinski definition) is 6. The molecule has 0 radical (unpaired) electrons. The van der Waals surface area contributed by atoms with E-state index in [0.717, 1.165) is 16.6 Å². The Hall–Kier alpha value is -2.15. The maximum Gasteiger partial charge on any atom is 0.319 e. The van der Waals surface area contributed by atoms with Crippen LogP contribution in [0.5, 0.6) is 0 Å². The molecule has 0 saturated heterocycles. The zero-order chi connectivity index (χ0) is 15.5. The van der Waals surface area contributed by atoms with Crippen LogP contribution in [-0.2, 0) is 9.53 Å². The molecule has 0 unspecified atom stereocenters. The summed E-state index contributed by atoms with van der Waals surface area (Å²) in [6.45, 7) is 4.13. The minimum atomic E-state index is -0.295. The third-order valence-corrected chi connectivity index (χ3v) is 4.42. The molecular weight excluding hydrogens is 300 g/mol. The maximum atomic E-state index is 11.9. The smallest absolute Gasteiger partial charge is 0.319 e. The average molecular weight is 316 g/mol. The fourth-order valence-electron chi connectivity index (χ4n) is 2.17. The van der Waals surface area contributed by atoms with E-state index < -0.39 is 0 Å². The van der Waals surface area contributed by atoms with Gasteiger partial charge in [0.25, 0.3) is 0 Å². The van der Waals surface area contributed by atoms with E-state index >= 15 is 0 Å². The van der Waals surface area contributed by atoms with Crippen molar-refractivity contribution in [2.45, 2.75) is 30.7 Å². The lowest BCUT2D eigenvalue weighted by Gasteiger charge is -2.10. The van der Waals surface area contributed by atoms with Gasteiger partial charge in [-0.3, -0.25) is 4.79 Å². The molecule has 0 fully saturated rings. The molecule has 0 saturated carbocycles. The number of carbonyl (C=O) groups excluding carboxylic acids is 1. The zero-order valence-corrected chi connectivity index (χ0v) is 13.2. The topological polar surface area (TPSA) is 69.4 Å². The molecule has 114 valence electrons. The van der Waals surface area contributed by atoms with E-state index in [1.165, 1.54) is 11.8 Å². The number of carbonyl (C=O) groups is 1. The number of esters is 1. The Bertz CT molecular complexity index is 818. The fraction of sp³-hybridized carbons (Fsp3) is 0.333. The molecule has 6 nitrogen and oxygen atoms in total. The lowest BCUT2D eigenvalue weighted by molar-refractivity contribution is -0.142. The van der Waals surface area contributed by atoms with Crippen molar-refractivity contribution in [2.24, 2.45) is 0 Å². The quantitative estimate of drug-likeness (QED) is 0.532. The second-order valence-electron chi connectivity index (χ2n) is 4.69. The van der Waals surface area contributed by atoms with Crippen molar-refractivity contribution in [3.63, 3.8) is 0 Å². The predicted octanol–water partition coefficient (Wildman–Crippen LogP) is 2.71. The maximum absolute atomic E-state index is 11.9. The highest BCUT2D eigenvalue weighted by atomic mass is 32.2. The van der Waals surface area contributed by atoms with Gasteiger partial charge >= 0.3 is 5.97 Å². The number of para-hydroxylation sites is 1. The Kier molecular flexibility index (Phi) is 4.24. The summed E-state index contributed by atoms with van der Waals surface area (Å²) >= 11 is 1.33. The van der Waals surface area contributed by atoms with Crippen molar-refractivity contribution in [1.29, 1.82) is 0 Å². The van der Waals surface area contributed by atoms with Gasteiger partial charge in [-0.1, -0.05) is 30.8 Å². The molecule has 2 heterocycles. The first-order valence-electron chi connectivity index (χ1n) is 7.16. The minimum Gasteiger partial charge on any atom is -0.465 e. The number of benzene rings is 1. The van der Waals surface area contributed by atoms with E-state index in [1.807, 2.05) is 31.2 Å². The fourth-order valence-corrected chi connectivity index (χ4v) is 3.03. The van der Waals surface area contributed by atoms with Crippen LogP contribution >= 0.6 is 11.8 Å². The van der Waals surface area contributed by atoms with Crippen molar-refractivity contribution >= 4 is 34.3 Å². The molecular formula is C15H16N4O2S. The molecule has 0 aliphatic rings. The van der Waals surface area contributed by atoms with Crippen molar-refractivity contribution in [3.05, 3.63) is 30.6 Å². The molecule has 22 heavy (non-hydrogen) atoms. The zero-order valence-electron chi connectivity index (χ0n) is 12.4. The van der Waals surface area contributed by atoms with Crippen molar-refractivity contribution in [1.82, 2.24) is 19.6 Å². The Morgan fingerprint density at radius 2 is 2.18 bits per heavy atom. The van der Waals surface area contributed by atoms with E-state index in [0.29, 0.717) is 18.2 Å². The Labute approximate surface area is 131 Å². The molecule has 0 aliphatic heterocycles. The van der Waals surface area contributed by atoms with Gasteiger partial charge in [-0.05, 0) is 25.5 Å². The number of rotatable bonds is 5. The van der Waals surface area contributed by atoms with Gasteiger partial charge in [0.2, 0.25) is 5.16 Å². The standard InChI is InChI=1S/C15H16N4O2S/c1-3-12(14(20)21-4-2)22-15-17-13-10-7-5-6-8-11(10)16-9-19(13)18-15/h5-9,12H,3-4H2,1-2H3/t12-/m1/s1. The van der Waals surface area contributed by atoms with Gasteiger partial charge in [-0.2, -0.15) is 0 Å². The summed E-state index contributed by atoms with van der Waals surface area (Å²) in [7, 11) is 0. The third-order valence-electron chi connectivity index (χ3n) is 3.23. The van der Waals surface area contributed by atoms with E-state index in [-0.39, 0.29) is 11.2 Å². The second kappa shape index (κ2) is 6.31. The van der Waals surface area contributed by atoms with Crippen LogP contribution in [0.25, 0.3) is 16.6 Å². The van der Waals surface area contributed by atoms with Crippen LogP contribution in [0, 0.1) is 0 Å². The number of thioether (sulfide) groups is 1. The number of hydrogen-bond donors (Lipinski definition) is 0. The monoisotopic (exact) mass is 316 g/mol. The summed E-state index contributed by atoms with van der Waals surface area (Å²) in [5, 5.41) is 5.59. The lowest BCUT2D eigenvalue weighted by atomic mass is 10.2. The molecule has 0 aliphatic carbocycles. The van der Waals surface area contributed by atoms with E-state index in [4.69, 9.17) is 4.74 Å². The summed E-state index contributed by atoms with van der Waals surface area (Å²) in [4.78, 5) is 20.8. The van der Waals surface area contributed by atoms with Crippen LogP contribution in [0.1, 0.15) is 20.3 Å². The summed E-state index contributed by atoms with van der Waals surface area (Å²) in [6.07, 6.45) is 2.30. The number of ether oxygens (including phenoxy) is 1. The summed E-state index contributed by atoms with van der Waals surface area (Å²) in [6, 6.07) is 7.78. The molecule has 0 amide bonds. The van der Waals surface area contributed by atoms with E-state index in [2.05, 4.69) is 15.1 Å². The van der Waals surface area contributed by atoms with E-state index in [1.54, 1.807) is 17.8 Å². The molecule has 3 rings (SSSR count). The summed E-state index contributed by atoms with van der Waals surface area (Å²) < 4.78 is 6.72. The van der Waals surface area contributed by atoms with Gasteiger partial charge in [0, 0.05) is 5.39 Å². The lowest BCUT2D eigenvalue weighted by Crippen LogP contribution is -2.19. The van der Waals surface area contributed by atoms with Crippen LogP contribution in [0.2, 0.25) is 0 Å². The van der Waals surface area contributed by atoms with Crippen LogP contribution in [0.15, 0.2) is 35.7 Å². The number of nitrogens with zero attached hydrogens (tertiary/aromatic N) is 4. The number of aromatic nitrogens is 4. The Balaban J connectivity index is 1.95. The predicted molar refractivity (Wildman–Crippen MR) is 84.9 cm³/mol. The SMILES string of the molecule is CCOC(=O)[C@@H](CC)Sc1nc2c3ccccc3ncn2n1. The highest BCUT2D eigenvalue weighted by Crippen LogP contribution is 2.25. The van der Waals surface area contributed by atoms with Crippen LogP contribution < -0.4 is 0 Å². The van der Waals surface area contributed by atoms with Gasteiger partial charge in [0.05, 0.1) is 12.1 Å². The van der Waals surface area contributed by atoms with Gasteiger partial charge in [0.1, 0.15) is 11.6 Å². The van der Waals surface area contributed by atoms with E-state index in [9.17, 15) is 4.79 Å². The van der Waals surface area contributed by atoms with Gasteiger partial charge < -0.3 is 4.74 Å². The first kappa shape index (κ1) is 14.8. The second-order valence-corrected chi connectivity index (χ2v) is 5.86. The van der Waals surface area contributed by atoms with Crippen LogP contribution in [-0.4, -0.2) is 37.4 Å². The summed E-state index contributed by atoms with van der Waals surface area (Å²) in [5.74, 6) is -0.225. The first-order valence-corrected chi connectivity index (χ1v) is 8.04. The molecule has 0 spiro atoms. The molecule has 1 aromatic carbocycles. The Morgan fingerprint density at radius 1 is 1.36 bits per heavy atom. The van der Waals surface area contributed by atoms with Gasteiger partial charge in [-0.25, -0.2) is 14.5 Å². The molecule has 0 bridgehead atoms. The largest absolute Gasteiger partial charge is 0.465 e. The summed E-state index contributed by atoms with van der Waals surface area (Å²) in [5.41, 5.74) is 1.61. The number of fused-ring (bicyclic) bond motifs is 3. The van der Waals surface area contributed by atoms with Gasteiger partial charge in [-0.15, -0.1) is 5.10 Å². The van der Waals surface area contributed by atoms with Crippen LogP contribution in [0.3, 0.4) is 0 Å².